The lowest BCUT2D eigenvalue weighted by Gasteiger charge is -2.12. The van der Waals surface area contributed by atoms with E-state index in [1.807, 2.05) is 0 Å². The Morgan fingerprint density at radius 2 is 1.86 bits per heavy atom. The SMILES string of the molecule is CCn1c(=O)c2c(ncn2Cc2cccc(F)c2)n(-c2ccc(Cl)cc2)c1=O. The van der Waals surface area contributed by atoms with Crippen LogP contribution in [0.15, 0.2) is 64.4 Å². The van der Waals surface area contributed by atoms with Crippen LogP contribution in [0.25, 0.3) is 16.9 Å². The van der Waals surface area contributed by atoms with Gasteiger partial charge in [0.1, 0.15) is 5.82 Å². The molecule has 0 aliphatic heterocycles. The van der Waals surface area contributed by atoms with E-state index < -0.39 is 11.2 Å². The number of benzene rings is 2. The number of imidazole rings is 1. The molecule has 4 aromatic rings. The predicted molar refractivity (Wildman–Crippen MR) is 106 cm³/mol. The van der Waals surface area contributed by atoms with Gasteiger partial charge in [0.05, 0.1) is 12.0 Å². The molecule has 0 fully saturated rings. The summed E-state index contributed by atoms with van der Waals surface area (Å²) < 4.78 is 17.7. The molecular weight excluding hydrogens is 383 g/mol. The van der Waals surface area contributed by atoms with Gasteiger partial charge in [0.25, 0.3) is 5.56 Å². The third kappa shape index (κ3) is 3.03. The van der Waals surface area contributed by atoms with Gasteiger partial charge in [0.15, 0.2) is 11.2 Å². The minimum absolute atomic E-state index is 0.215. The number of aromatic nitrogens is 4. The molecule has 0 N–H and O–H groups in total. The Bertz CT molecular complexity index is 1290. The van der Waals surface area contributed by atoms with Crippen LogP contribution in [-0.2, 0) is 13.1 Å². The molecule has 142 valence electrons. The number of nitrogens with zero attached hydrogens (tertiary/aromatic N) is 4. The second-order valence-corrected chi connectivity index (χ2v) is 6.75. The van der Waals surface area contributed by atoms with Crippen LogP contribution in [0.3, 0.4) is 0 Å². The van der Waals surface area contributed by atoms with Gasteiger partial charge in [-0.2, -0.15) is 0 Å². The van der Waals surface area contributed by atoms with E-state index in [1.165, 1.54) is 23.0 Å². The van der Waals surface area contributed by atoms with E-state index in [9.17, 15) is 14.0 Å². The quantitative estimate of drug-likeness (QED) is 0.530. The van der Waals surface area contributed by atoms with Crippen LogP contribution in [0.4, 0.5) is 4.39 Å². The van der Waals surface area contributed by atoms with Gasteiger partial charge >= 0.3 is 5.69 Å². The van der Waals surface area contributed by atoms with Crippen molar-refractivity contribution in [2.45, 2.75) is 20.0 Å². The summed E-state index contributed by atoms with van der Waals surface area (Å²) >= 11 is 5.96. The summed E-state index contributed by atoms with van der Waals surface area (Å²) in [7, 11) is 0. The first-order valence-electron chi connectivity index (χ1n) is 8.70. The molecular formula is C20H16ClFN4O2. The van der Waals surface area contributed by atoms with E-state index >= 15 is 0 Å². The Labute approximate surface area is 164 Å². The third-order valence-corrected chi connectivity index (χ3v) is 4.80. The normalized spacial score (nSPS) is 11.2. The lowest BCUT2D eigenvalue weighted by atomic mass is 10.2. The fraction of sp³-hybridized carbons (Fsp3) is 0.150. The van der Waals surface area contributed by atoms with Crippen molar-refractivity contribution >= 4 is 22.8 Å². The summed E-state index contributed by atoms with van der Waals surface area (Å²) in [4.78, 5) is 30.2. The van der Waals surface area contributed by atoms with Crippen molar-refractivity contribution in [1.82, 2.24) is 18.7 Å². The monoisotopic (exact) mass is 398 g/mol. The molecule has 0 amide bonds. The highest BCUT2D eigenvalue weighted by atomic mass is 35.5. The Hall–Kier alpha value is -3.19. The van der Waals surface area contributed by atoms with Crippen LogP contribution in [0.5, 0.6) is 0 Å². The van der Waals surface area contributed by atoms with Gasteiger partial charge in [-0.25, -0.2) is 18.7 Å². The first-order chi connectivity index (χ1) is 13.5. The molecule has 2 aromatic carbocycles. The summed E-state index contributed by atoms with van der Waals surface area (Å²) in [6.45, 7) is 2.20. The van der Waals surface area contributed by atoms with E-state index in [-0.39, 0.29) is 30.1 Å². The molecule has 0 saturated heterocycles. The lowest BCUT2D eigenvalue weighted by molar-refractivity contribution is 0.623. The minimum atomic E-state index is -0.474. The van der Waals surface area contributed by atoms with E-state index in [0.717, 1.165) is 4.57 Å². The van der Waals surface area contributed by atoms with E-state index in [4.69, 9.17) is 11.6 Å². The lowest BCUT2D eigenvalue weighted by Crippen LogP contribution is -2.39. The summed E-state index contributed by atoms with van der Waals surface area (Å²) in [5.74, 6) is -0.356. The molecule has 4 rings (SSSR count). The zero-order valence-corrected chi connectivity index (χ0v) is 15.7. The van der Waals surface area contributed by atoms with E-state index in [0.29, 0.717) is 16.3 Å². The zero-order chi connectivity index (χ0) is 19.8. The molecule has 2 aromatic heterocycles. The van der Waals surface area contributed by atoms with Crippen LogP contribution >= 0.6 is 11.6 Å². The van der Waals surface area contributed by atoms with Gasteiger partial charge in [0, 0.05) is 18.1 Å². The highest BCUT2D eigenvalue weighted by Gasteiger charge is 2.18. The first kappa shape index (κ1) is 18.2. The second-order valence-electron chi connectivity index (χ2n) is 6.32. The van der Waals surface area contributed by atoms with E-state index in [2.05, 4.69) is 4.98 Å². The molecule has 0 spiro atoms. The Balaban J connectivity index is 1.98. The van der Waals surface area contributed by atoms with Gasteiger partial charge in [0.2, 0.25) is 0 Å². The molecule has 0 aliphatic rings. The topological polar surface area (TPSA) is 61.8 Å². The number of hydrogen-bond acceptors (Lipinski definition) is 3. The summed E-state index contributed by atoms with van der Waals surface area (Å²) in [6, 6.07) is 12.9. The second kappa shape index (κ2) is 7.09. The fourth-order valence-corrected chi connectivity index (χ4v) is 3.36. The van der Waals surface area contributed by atoms with Crippen molar-refractivity contribution in [3.63, 3.8) is 0 Å². The molecule has 2 heterocycles. The molecule has 28 heavy (non-hydrogen) atoms. The van der Waals surface area contributed by atoms with Crippen molar-refractivity contribution in [2.24, 2.45) is 0 Å². The summed E-state index contributed by atoms with van der Waals surface area (Å²) in [6.07, 6.45) is 1.49. The molecule has 6 nitrogen and oxygen atoms in total. The highest BCUT2D eigenvalue weighted by molar-refractivity contribution is 6.30. The highest BCUT2D eigenvalue weighted by Crippen LogP contribution is 2.17. The number of hydrogen-bond donors (Lipinski definition) is 0. The maximum atomic E-state index is 13.5. The molecule has 0 unspecified atom stereocenters. The largest absolute Gasteiger partial charge is 0.337 e. The molecule has 0 radical (unpaired) electrons. The molecule has 8 heteroatoms. The van der Waals surface area contributed by atoms with Crippen LogP contribution < -0.4 is 11.2 Å². The standard InChI is InChI=1S/C20H16ClFN4O2/c1-2-25-19(27)17-18(26(20(25)28)16-8-6-14(21)7-9-16)23-12-24(17)11-13-4-3-5-15(22)10-13/h3-10,12H,2,11H2,1H3. The number of rotatable bonds is 4. The molecule has 0 saturated carbocycles. The molecule has 0 atom stereocenters. The first-order valence-corrected chi connectivity index (χ1v) is 9.08. The van der Waals surface area contributed by atoms with E-state index in [1.54, 1.807) is 47.9 Å². The van der Waals surface area contributed by atoms with Gasteiger partial charge in [-0.1, -0.05) is 23.7 Å². The van der Waals surface area contributed by atoms with Crippen molar-refractivity contribution in [2.75, 3.05) is 0 Å². The average Bonchev–Trinajstić information content (AvgIpc) is 3.07. The Morgan fingerprint density at radius 3 is 2.54 bits per heavy atom. The van der Waals surface area contributed by atoms with Crippen LogP contribution in [0.2, 0.25) is 5.02 Å². The maximum absolute atomic E-state index is 13.5. The Kier molecular flexibility index (Phi) is 4.60. The molecule has 0 aliphatic carbocycles. The van der Waals surface area contributed by atoms with Gasteiger partial charge < -0.3 is 4.57 Å². The average molecular weight is 399 g/mol. The number of fused-ring (bicyclic) bond motifs is 1. The van der Waals surface area contributed by atoms with Crippen molar-refractivity contribution in [3.05, 3.63) is 92.1 Å². The fourth-order valence-electron chi connectivity index (χ4n) is 3.23. The number of halogens is 2. The smallest absolute Gasteiger partial charge is 0.320 e. The zero-order valence-electron chi connectivity index (χ0n) is 15.0. The minimum Gasteiger partial charge on any atom is -0.320 e. The van der Waals surface area contributed by atoms with Crippen LogP contribution in [0, 0.1) is 5.82 Å². The molecule has 0 bridgehead atoms. The van der Waals surface area contributed by atoms with Gasteiger partial charge in [-0.05, 0) is 48.9 Å². The van der Waals surface area contributed by atoms with Crippen molar-refractivity contribution in [1.29, 1.82) is 0 Å². The maximum Gasteiger partial charge on any atom is 0.337 e. The summed E-state index contributed by atoms with van der Waals surface area (Å²) in [5.41, 5.74) is 0.864. The third-order valence-electron chi connectivity index (χ3n) is 4.54. The van der Waals surface area contributed by atoms with Gasteiger partial charge in [-0.3, -0.25) is 9.36 Å². The predicted octanol–water partition coefficient (Wildman–Crippen LogP) is 3.21. The van der Waals surface area contributed by atoms with Crippen LogP contribution in [0.1, 0.15) is 12.5 Å². The van der Waals surface area contributed by atoms with Crippen molar-refractivity contribution in [3.8, 4) is 5.69 Å². The van der Waals surface area contributed by atoms with Crippen molar-refractivity contribution < 1.29 is 4.39 Å². The van der Waals surface area contributed by atoms with Gasteiger partial charge in [-0.15, -0.1) is 0 Å². The van der Waals surface area contributed by atoms with Crippen LogP contribution in [-0.4, -0.2) is 18.7 Å². The Morgan fingerprint density at radius 1 is 1.11 bits per heavy atom. The summed E-state index contributed by atoms with van der Waals surface area (Å²) in [5, 5.41) is 0.536.